The van der Waals surface area contributed by atoms with Crippen LogP contribution in [0, 0.1) is 5.92 Å². The Labute approximate surface area is 160 Å². The molecule has 0 bridgehead atoms. The van der Waals surface area contributed by atoms with Gasteiger partial charge in [0.2, 0.25) is 0 Å². The molecule has 0 radical (unpaired) electrons. The molecule has 2 N–H and O–H groups in total. The number of nitrogens with one attached hydrogen (secondary N) is 2. The molecule has 4 heterocycles. The lowest BCUT2D eigenvalue weighted by atomic mass is 10.0. The summed E-state index contributed by atoms with van der Waals surface area (Å²) in [6.07, 6.45) is 6.03. The minimum Gasteiger partial charge on any atom is -0.382 e. The molecule has 0 saturated carbocycles. The quantitative estimate of drug-likeness (QED) is 0.797. The van der Waals surface area contributed by atoms with Gasteiger partial charge in [0.25, 0.3) is 0 Å². The molecule has 1 fully saturated rings. The lowest BCUT2D eigenvalue weighted by molar-refractivity contribution is 0.250. The zero-order chi connectivity index (χ0) is 18.8. The molecule has 7 nitrogen and oxygen atoms in total. The van der Waals surface area contributed by atoms with Gasteiger partial charge in [0.15, 0.2) is 5.82 Å². The largest absolute Gasteiger partial charge is 0.382 e. The van der Waals surface area contributed by atoms with Gasteiger partial charge in [0.1, 0.15) is 11.7 Å². The number of carbonyl (C=O) groups excluding carboxylic acids is 1. The van der Waals surface area contributed by atoms with Crippen molar-refractivity contribution in [2.45, 2.75) is 39.5 Å². The molecule has 1 atom stereocenters. The second-order valence-corrected chi connectivity index (χ2v) is 7.70. The molecule has 0 spiro atoms. The maximum absolute atomic E-state index is 12.9. The number of anilines is 3. The summed E-state index contributed by atoms with van der Waals surface area (Å²) in [5.41, 5.74) is 1.86. The van der Waals surface area contributed by atoms with Crippen molar-refractivity contribution in [3.63, 3.8) is 0 Å². The maximum atomic E-state index is 12.9. The van der Waals surface area contributed by atoms with E-state index in [4.69, 9.17) is 4.98 Å². The molecule has 0 aromatic carbocycles. The highest BCUT2D eigenvalue weighted by atomic mass is 16.2. The summed E-state index contributed by atoms with van der Waals surface area (Å²) in [4.78, 5) is 26.3. The van der Waals surface area contributed by atoms with Crippen LogP contribution in [0.15, 0.2) is 28.9 Å². The molecular formula is C20H28N6O. The first-order valence-corrected chi connectivity index (χ1v) is 9.93. The summed E-state index contributed by atoms with van der Waals surface area (Å²) >= 11 is 0. The third-order valence-electron chi connectivity index (χ3n) is 5.37. The Morgan fingerprint density at radius 2 is 2.19 bits per heavy atom. The van der Waals surface area contributed by atoms with E-state index in [0.29, 0.717) is 30.5 Å². The Kier molecular flexibility index (Phi) is 5.01. The molecule has 27 heavy (non-hydrogen) atoms. The SMILES string of the molecule is CC1=CCC(NC(=O)N2CCCNc3ccc(N4CCCC(C)C4)nc32)=N1. The monoisotopic (exact) mass is 368 g/mol. The summed E-state index contributed by atoms with van der Waals surface area (Å²) in [6.45, 7) is 7.75. The summed E-state index contributed by atoms with van der Waals surface area (Å²) in [5.74, 6) is 3.05. The van der Waals surface area contributed by atoms with Crippen LogP contribution in [0.1, 0.15) is 39.5 Å². The van der Waals surface area contributed by atoms with Gasteiger partial charge in [-0.3, -0.25) is 10.2 Å². The number of hydrogen-bond acceptors (Lipinski definition) is 5. The lowest BCUT2D eigenvalue weighted by Crippen LogP contribution is -2.43. The number of rotatable bonds is 1. The lowest BCUT2D eigenvalue weighted by Gasteiger charge is -2.32. The number of amidine groups is 1. The topological polar surface area (TPSA) is 72.9 Å². The summed E-state index contributed by atoms with van der Waals surface area (Å²) in [5, 5.41) is 6.36. The number of carbonyl (C=O) groups is 1. The first-order valence-electron chi connectivity index (χ1n) is 9.93. The number of aliphatic imine (C=N–C) groups is 1. The second kappa shape index (κ2) is 7.58. The van der Waals surface area contributed by atoms with Crippen molar-refractivity contribution in [1.82, 2.24) is 10.3 Å². The van der Waals surface area contributed by atoms with E-state index in [1.807, 2.05) is 13.0 Å². The van der Waals surface area contributed by atoms with Crippen LogP contribution >= 0.6 is 0 Å². The van der Waals surface area contributed by atoms with Crippen LogP contribution in [-0.4, -0.2) is 43.0 Å². The van der Waals surface area contributed by atoms with Gasteiger partial charge in [-0.15, -0.1) is 0 Å². The average molecular weight is 368 g/mol. The predicted octanol–water partition coefficient (Wildman–Crippen LogP) is 3.36. The number of aromatic nitrogens is 1. The average Bonchev–Trinajstić information content (AvgIpc) is 2.94. The van der Waals surface area contributed by atoms with Crippen molar-refractivity contribution in [1.29, 1.82) is 0 Å². The number of allylic oxidation sites excluding steroid dienone is 1. The highest BCUT2D eigenvalue weighted by Gasteiger charge is 2.26. The number of amides is 2. The van der Waals surface area contributed by atoms with E-state index in [-0.39, 0.29) is 6.03 Å². The van der Waals surface area contributed by atoms with E-state index in [0.717, 1.165) is 43.3 Å². The summed E-state index contributed by atoms with van der Waals surface area (Å²) in [7, 11) is 0. The zero-order valence-corrected chi connectivity index (χ0v) is 16.2. The fourth-order valence-electron chi connectivity index (χ4n) is 3.94. The molecule has 144 valence electrons. The van der Waals surface area contributed by atoms with Crippen LogP contribution in [0.4, 0.5) is 22.1 Å². The van der Waals surface area contributed by atoms with Crippen molar-refractivity contribution < 1.29 is 4.79 Å². The fraction of sp³-hybridized carbons (Fsp3) is 0.550. The Balaban J connectivity index is 1.58. The molecule has 3 aliphatic rings. The van der Waals surface area contributed by atoms with E-state index >= 15 is 0 Å². The summed E-state index contributed by atoms with van der Waals surface area (Å²) in [6, 6.07) is 3.97. The van der Waals surface area contributed by atoms with Crippen LogP contribution in [-0.2, 0) is 0 Å². The van der Waals surface area contributed by atoms with E-state index in [2.05, 4.69) is 39.6 Å². The van der Waals surface area contributed by atoms with E-state index < -0.39 is 0 Å². The van der Waals surface area contributed by atoms with Crippen LogP contribution in [0.2, 0.25) is 0 Å². The Bertz CT molecular complexity index is 787. The number of nitrogens with zero attached hydrogens (tertiary/aromatic N) is 4. The first-order chi connectivity index (χ1) is 13.1. The van der Waals surface area contributed by atoms with Gasteiger partial charge in [0.05, 0.1) is 5.69 Å². The van der Waals surface area contributed by atoms with Crippen molar-refractivity contribution in [2.24, 2.45) is 10.9 Å². The maximum Gasteiger partial charge on any atom is 0.328 e. The van der Waals surface area contributed by atoms with Crippen LogP contribution < -0.4 is 20.4 Å². The van der Waals surface area contributed by atoms with Crippen molar-refractivity contribution in [3.05, 3.63) is 23.9 Å². The van der Waals surface area contributed by atoms with Crippen molar-refractivity contribution in [3.8, 4) is 0 Å². The minimum atomic E-state index is -0.154. The van der Waals surface area contributed by atoms with E-state index in [9.17, 15) is 4.79 Å². The number of pyridine rings is 1. The van der Waals surface area contributed by atoms with Gasteiger partial charge in [-0.2, -0.15) is 0 Å². The predicted molar refractivity (Wildman–Crippen MR) is 110 cm³/mol. The minimum absolute atomic E-state index is 0.154. The molecule has 1 aromatic heterocycles. The third kappa shape index (κ3) is 3.91. The standard InChI is InChI=1S/C20H28N6O/c1-14-5-3-11-25(13-14)18-9-7-16-19(24-18)26(12-4-10-21-16)20(27)23-17-8-6-15(2)22-17/h6-7,9,14,21H,3-5,8,10-13H2,1-2H3,(H,22,23,27). The first kappa shape index (κ1) is 17.8. The van der Waals surface area contributed by atoms with Gasteiger partial charge in [-0.1, -0.05) is 13.0 Å². The Morgan fingerprint density at radius 3 is 2.96 bits per heavy atom. The van der Waals surface area contributed by atoms with Gasteiger partial charge in [-0.25, -0.2) is 14.8 Å². The van der Waals surface area contributed by atoms with Gasteiger partial charge >= 0.3 is 6.03 Å². The number of hydrogen-bond donors (Lipinski definition) is 2. The summed E-state index contributed by atoms with van der Waals surface area (Å²) < 4.78 is 0. The molecule has 1 unspecified atom stereocenters. The number of piperidine rings is 1. The smallest absolute Gasteiger partial charge is 0.328 e. The fourth-order valence-corrected chi connectivity index (χ4v) is 3.94. The molecule has 3 aliphatic heterocycles. The van der Waals surface area contributed by atoms with Crippen molar-refractivity contribution >= 4 is 29.2 Å². The molecular weight excluding hydrogens is 340 g/mol. The number of fused-ring (bicyclic) bond motifs is 1. The van der Waals surface area contributed by atoms with Gasteiger partial charge in [-0.05, 0) is 44.2 Å². The van der Waals surface area contributed by atoms with E-state index in [1.165, 1.54) is 12.8 Å². The number of urea groups is 1. The molecule has 7 heteroatoms. The van der Waals surface area contributed by atoms with Crippen molar-refractivity contribution in [2.75, 3.05) is 41.3 Å². The van der Waals surface area contributed by atoms with Crippen LogP contribution in [0.3, 0.4) is 0 Å². The van der Waals surface area contributed by atoms with Crippen LogP contribution in [0.5, 0.6) is 0 Å². The highest BCUT2D eigenvalue weighted by Crippen LogP contribution is 2.31. The third-order valence-corrected chi connectivity index (χ3v) is 5.37. The normalized spacial score (nSPS) is 22.4. The molecule has 2 amide bonds. The molecule has 1 saturated heterocycles. The zero-order valence-electron chi connectivity index (χ0n) is 16.2. The molecule has 0 aliphatic carbocycles. The van der Waals surface area contributed by atoms with Gasteiger partial charge < -0.3 is 10.2 Å². The van der Waals surface area contributed by atoms with E-state index in [1.54, 1.807) is 4.90 Å². The van der Waals surface area contributed by atoms with Gasteiger partial charge in [0, 0.05) is 38.3 Å². The second-order valence-electron chi connectivity index (χ2n) is 7.70. The Hall–Kier alpha value is -2.57. The van der Waals surface area contributed by atoms with Crippen LogP contribution in [0.25, 0.3) is 0 Å². The Morgan fingerprint density at radius 1 is 1.30 bits per heavy atom. The highest BCUT2D eigenvalue weighted by molar-refractivity contribution is 6.06. The molecule has 4 rings (SSSR count). The molecule has 1 aromatic rings.